The molecule has 0 saturated carbocycles. The molecule has 0 rings (SSSR count). The van der Waals surface area contributed by atoms with E-state index in [0.29, 0.717) is 6.42 Å². The highest BCUT2D eigenvalue weighted by molar-refractivity contribution is 5.62. The molecule has 4 heteroatoms. The maximum absolute atomic E-state index is 9.03. The van der Waals surface area contributed by atoms with Crippen molar-refractivity contribution in [2.45, 2.75) is 45.8 Å². The zero-order valence-corrected chi connectivity index (χ0v) is 8.03. The van der Waals surface area contributed by atoms with Crippen LogP contribution in [0.15, 0.2) is 0 Å². The molecule has 3 N–H and O–H groups in total. The molecule has 0 spiro atoms. The van der Waals surface area contributed by atoms with Gasteiger partial charge < -0.3 is 15.3 Å². The van der Waals surface area contributed by atoms with Gasteiger partial charge in [-0.25, -0.2) is 0 Å². The molecule has 1 unspecified atom stereocenters. The molecule has 0 aromatic rings. The van der Waals surface area contributed by atoms with Crippen LogP contribution in [0.5, 0.6) is 0 Å². The molecule has 0 aromatic heterocycles. The number of hydrogen-bond acceptors (Lipinski definition) is 3. The second kappa shape index (κ2) is 5.97. The van der Waals surface area contributed by atoms with Gasteiger partial charge in [0.05, 0.1) is 11.7 Å². The Morgan fingerprint density at radius 2 is 1.75 bits per heavy atom. The summed E-state index contributed by atoms with van der Waals surface area (Å²) >= 11 is 0. The van der Waals surface area contributed by atoms with Crippen molar-refractivity contribution in [3.8, 4) is 0 Å². The number of aliphatic carboxylic acids is 1. The number of rotatable bonds is 2. The summed E-state index contributed by atoms with van der Waals surface area (Å²) < 4.78 is 0. The molecule has 0 aliphatic carbocycles. The Balaban J connectivity index is 0. The van der Waals surface area contributed by atoms with Crippen LogP contribution >= 0.6 is 0 Å². The first-order valence-electron chi connectivity index (χ1n) is 3.75. The van der Waals surface area contributed by atoms with Gasteiger partial charge in [-0.3, -0.25) is 4.79 Å². The lowest BCUT2D eigenvalue weighted by Gasteiger charge is -2.17. The van der Waals surface area contributed by atoms with Crippen LogP contribution in [-0.4, -0.2) is 33.0 Å². The molecular formula is C8H18O4. The van der Waals surface area contributed by atoms with E-state index in [2.05, 4.69) is 0 Å². The van der Waals surface area contributed by atoms with Crippen LogP contribution in [0.2, 0.25) is 0 Å². The largest absolute Gasteiger partial charge is 0.481 e. The Hall–Kier alpha value is -0.610. The van der Waals surface area contributed by atoms with E-state index in [1.54, 1.807) is 20.8 Å². The van der Waals surface area contributed by atoms with Crippen molar-refractivity contribution in [1.82, 2.24) is 0 Å². The fourth-order valence-corrected chi connectivity index (χ4v) is 0.723. The van der Waals surface area contributed by atoms with E-state index in [0.717, 1.165) is 6.92 Å². The lowest BCUT2D eigenvalue weighted by Crippen LogP contribution is -2.24. The van der Waals surface area contributed by atoms with E-state index in [-0.39, 0.29) is 0 Å². The molecule has 74 valence electrons. The second-order valence-electron chi connectivity index (χ2n) is 3.38. The fraction of sp³-hybridized carbons (Fsp3) is 0.875. The quantitative estimate of drug-likeness (QED) is 0.579. The van der Waals surface area contributed by atoms with Crippen LogP contribution in [0, 0.1) is 0 Å². The van der Waals surface area contributed by atoms with Crippen LogP contribution in [0.25, 0.3) is 0 Å². The Labute approximate surface area is 72.8 Å². The first-order valence-corrected chi connectivity index (χ1v) is 3.75. The highest BCUT2D eigenvalue weighted by Crippen LogP contribution is 2.09. The van der Waals surface area contributed by atoms with Crippen molar-refractivity contribution in [1.29, 1.82) is 0 Å². The smallest absolute Gasteiger partial charge is 0.300 e. The standard InChI is InChI=1S/C6H14O2.C2H4O2/c1-5(7)4-6(2,3)8;1-2(3)4/h5,7-8H,4H2,1-3H3;1H3,(H,3,4). The molecule has 0 aliphatic rings. The number of carbonyl (C=O) groups is 1. The van der Waals surface area contributed by atoms with Crippen molar-refractivity contribution in [3.05, 3.63) is 0 Å². The van der Waals surface area contributed by atoms with Crippen molar-refractivity contribution >= 4 is 5.97 Å². The van der Waals surface area contributed by atoms with E-state index in [1.807, 2.05) is 0 Å². The Kier molecular flexibility index (Phi) is 6.94. The number of aliphatic hydroxyl groups excluding tert-OH is 1. The summed E-state index contributed by atoms with van der Waals surface area (Å²) in [6.07, 6.45) is 0.0301. The van der Waals surface area contributed by atoms with Gasteiger partial charge in [-0.2, -0.15) is 0 Å². The van der Waals surface area contributed by atoms with Gasteiger partial charge in [0.1, 0.15) is 0 Å². The van der Waals surface area contributed by atoms with E-state index in [1.165, 1.54) is 0 Å². The van der Waals surface area contributed by atoms with Crippen LogP contribution in [-0.2, 0) is 4.79 Å². The number of carboxylic acids is 1. The number of aliphatic hydroxyl groups is 2. The zero-order chi connectivity index (χ0) is 10.4. The molecule has 0 radical (unpaired) electrons. The summed E-state index contributed by atoms with van der Waals surface area (Å²) in [5.74, 6) is -0.833. The molecule has 4 nitrogen and oxygen atoms in total. The minimum Gasteiger partial charge on any atom is -0.481 e. The summed E-state index contributed by atoms with van der Waals surface area (Å²) in [7, 11) is 0. The topological polar surface area (TPSA) is 77.8 Å². The molecule has 0 aliphatic heterocycles. The van der Waals surface area contributed by atoms with Crippen molar-refractivity contribution < 1.29 is 20.1 Å². The van der Waals surface area contributed by atoms with Crippen molar-refractivity contribution in [2.75, 3.05) is 0 Å². The van der Waals surface area contributed by atoms with Gasteiger partial charge in [0.2, 0.25) is 0 Å². The van der Waals surface area contributed by atoms with Crippen LogP contribution < -0.4 is 0 Å². The maximum atomic E-state index is 9.03. The Morgan fingerprint density at radius 1 is 1.50 bits per heavy atom. The summed E-state index contributed by atoms with van der Waals surface area (Å²) in [5.41, 5.74) is -0.728. The number of hydrogen-bond donors (Lipinski definition) is 3. The molecular weight excluding hydrogens is 160 g/mol. The molecule has 0 amide bonds. The van der Waals surface area contributed by atoms with E-state index < -0.39 is 17.7 Å². The molecule has 0 fully saturated rings. The fourth-order valence-electron chi connectivity index (χ4n) is 0.723. The monoisotopic (exact) mass is 178 g/mol. The van der Waals surface area contributed by atoms with Gasteiger partial charge in [0.25, 0.3) is 5.97 Å². The van der Waals surface area contributed by atoms with E-state index >= 15 is 0 Å². The molecule has 0 aromatic carbocycles. The Morgan fingerprint density at radius 3 is 1.75 bits per heavy atom. The van der Waals surface area contributed by atoms with Gasteiger partial charge in [-0.1, -0.05) is 0 Å². The lowest BCUT2D eigenvalue weighted by molar-refractivity contribution is -0.134. The molecule has 0 saturated heterocycles. The van der Waals surface area contributed by atoms with Crippen molar-refractivity contribution in [2.24, 2.45) is 0 Å². The average Bonchev–Trinajstić information content (AvgIpc) is 1.52. The SMILES string of the molecule is CC(=O)O.CC(O)CC(C)(C)O. The third-order valence-electron chi connectivity index (χ3n) is 0.795. The summed E-state index contributed by atoms with van der Waals surface area (Å²) in [6.45, 7) is 6.11. The molecule has 1 atom stereocenters. The summed E-state index contributed by atoms with van der Waals surface area (Å²) in [4.78, 5) is 9.00. The Bertz CT molecular complexity index is 120. The van der Waals surface area contributed by atoms with Crippen LogP contribution in [0.1, 0.15) is 34.1 Å². The molecule has 0 heterocycles. The lowest BCUT2D eigenvalue weighted by atomic mass is 10.0. The van der Waals surface area contributed by atoms with E-state index in [4.69, 9.17) is 20.1 Å². The van der Waals surface area contributed by atoms with Crippen LogP contribution in [0.3, 0.4) is 0 Å². The zero-order valence-electron chi connectivity index (χ0n) is 8.03. The normalized spacial score (nSPS) is 12.8. The predicted molar refractivity (Wildman–Crippen MR) is 45.9 cm³/mol. The molecule has 0 bridgehead atoms. The van der Waals surface area contributed by atoms with Gasteiger partial charge in [-0.15, -0.1) is 0 Å². The van der Waals surface area contributed by atoms with Crippen molar-refractivity contribution in [3.63, 3.8) is 0 Å². The summed E-state index contributed by atoms with van der Waals surface area (Å²) in [6, 6.07) is 0. The first-order chi connectivity index (χ1) is 5.15. The minimum absolute atomic E-state index is 0.407. The maximum Gasteiger partial charge on any atom is 0.300 e. The molecule has 12 heavy (non-hydrogen) atoms. The van der Waals surface area contributed by atoms with Gasteiger partial charge in [-0.05, 0) is 20.8 Å². The highest BCUT2D eigenvalue weighted by Gasteiger charge is 2.14. The van der Waals surface area contributed by atoms with Gasteiger partial charge >= 0.3 is 0 Å². The first kappa shape index (κ1) is 13.9. The van der Waals surface area contributed by atoms with E-state index in [9.17, 15) is 0 Å². The third-order valence-corrected chi connectivity index (χ3v) is 0.795. The minimum atomic E-state index is -0.833. The van der Waals surface area contributed by atoms with Gasteiger partial charge in [0, 0.05) is 13.3 Å². The predicted octanol–water partition coefficient (Wildman–Crippen LogP) is 0.619. The third kappa shape index (κ3) is 34.3. The highest BCUT2D eigenvalue weighted by atomic mass is 16.4. The second-order valence-corrected chi connectivity index (χ2v) is 3.38. The number of carboxylic acid groups (broad SMARTS) is 1. The summed E-state index contributed by atoms with van der Waals surface area (Å²) in [5, 5.41) is 25.2. The average molecular weight is 178 g/mol. The van der Waals surface area contributed by atoms with Crippen LogP contribution in [0.4, 0.5) is 0 Å². The van der Waals surface area contributed by atoms with Gasteiger partial charge in [0.15, 0.2) is 0 Å².